The van der Waals surface area contributed by atoms with E-state index < -0.39 is 17.3 Å². The van der Waals surface area contributed by atoms with Gasteiger partial charge in [0, 0.05) is 0 Å². The lowest BCUT2D eigenvalue weighted by atomic mass is 10.1. The number of H-pyrrole nitrogens is 1. The number of hydrogen-bond acceptors (Lipinski definition) is 2. The molecule has 0 saturated heterocycles. The standard InChI is InChI=1S/C14H14ClFN2O2/c1-3-11-12(15)17-14(20)18(13(11)19)8(2)9-4-6-10(16)7-5-9/h4-8H,3H2,1-2H3,(H,17,20). The molecule has 0 fully saturated rings. The second-order valence-electron chi connectivity index (χ2n) is 4.48. The molecule has 0 aliphatic heterocycles. The van der Waals surface area contributed by atoms with Crippen LogP contribution in [0.4, 0.5) is 4.39 Å². The van der Waals surface area contributed by atoms with Gasteiger partial charge in [0.25, 0.3) is 5.56 Å². The monoisotopic (exact) mass is 296 g/mol. The van der Waals surface area contributed by atoms with Crippen LogP contribution >= 0.6 is 11.6 Å². The van der Waals surface area contributed by atoms with Crippen molar-refractivity contribution in [2.45, 2.75) is 26.3 Å². The van der Waals surface area contributed by atoms with E-state index in [0.29, 0.717) is 17.5 Å². The first kappa shape index (κ1) is 14.5. The van der Waals surface area contributed by atoms with Crippen LogP contribution in [-0.4, -0.2) is 9.55 Å². The first-order valence-corrected chi connectivity index (χ1v) is 6.62. The van der Waals surface area contributed by atoms with Crippen LogP contribution in [0.25, 0.3) is 0 Å². The summed E-state index contributed by atoms with van der Waals surface area (Å²) >= 11 is 5.86. The van der Waals surface area contributed by atoms with Crippen molar-refractivity contribution >= 4 is 11.6 Å². The van der Waals surface area contributed by atoms with Crippen LogP contribution in [0.2, 0.25) is 5.15 Å². The summed E-state index contributed by atoms with van der Waals surface area (Å²) < 4.78 is 14.0. The van der Waals surface area contributed by atoms with E-state index in [1.54, 1.807) is 26.0 Å². The smallest absolute Gasteiger partial charge is 0.297 e. The zero-order chi connectivity index (χ0) is 14.9. The second kappa shape index (κ2) is 5.63. The molecular formula is C14H14ClFN2O2. The Kier molecular flexibility index (Phi) is 4.09. The maximum atomic E-state index is 12.9. The third-order valence-electron chi connectivity index (χ3n) is 3.27. The molecule has 0 radical (unpaired) electrons. The van der Waals surface area contributed by atoms with Crippen LogP contribution in [0.15, 0.2) is 33.9 Å². The van der Waals surface area contributed by atoms with Crippen LogP contribution < -0.4 is 11.2 Å². The fraction of sp³-hybridized carbons (Fsp3) is 0.286. The summed E-state index contributed by atoms with van der Waals surface area (Å²) in [5.41, 5.74) is 0.0377. The summed E-state index contributed by atoms with van der Waals surface area (Å²) in [6, 6.07) is 5.18. The van der Waals surface area contributed by atoms with E-state index in [4.69, 9.17) is 11.6 Å². The Bertz CT molecular complexity index is 734. The van der Waals surface area contributed by atoms with E-state index in [9.17, 15) is 14.0 Å². The van der Waals surface area contributed by atoms with Gasteiger partial charge in [-0.3, -0.25) is 14.3 Å². The number of nitrogens with one attached hydrogen (secondary N) is 1. The molecule has 2 rings (SSSR count). The van der Waals surface area contributed by atoms with Gasteiger partial charge in [-0.1, -0.05) is 30.7 Å². The molecule has 1 atom stereocenters. The second-order valence-corrected chi connectivity index (χ2v) is 4.86. The molecule has 0 amide bonds. The lowest BCUT2D eigenvalue weighted by Crippen LogP contribution is -2.39. The molecule has 6 heteroatoms. The summed E-state index contributed by atoms with van der Waals surface area (Å²) in [4.78, 5) is 26.7. The van der Waals surface area contributed by atoms with Crippen molar-refractivity contribution in [1.29, 1.82) is 0 Å². The molecule has 0 spiro atoms. The zero-order valence-electron chi connectivity index (χ0n) is 11.1. The van der Waals surface area contributed by atoms with Gasteiger partial charge in [0.15, 0.2) is 0 Å². The zero-order valence-corrected chi connectivity index (χ0v) is 11.9. The van der Waals surface area contributed by atoms with E-state index in [1.807, 2.05) is 0 Å². The van der Waals surface area contributed by atoms with Gasteiger partial charge in [0.2, 0.25) is 0 Å². The van der Waals surface area contributed by atoms with Crippen molar-refractivity contribution in [2.24, 2.45) is 0 Å². The number of hydrogen-bond donors (Lipinski definition) is 1. The van der Waals surface area contributed by atoms with Crippen LogP contribution in [0, 0.1) is 5.82 Å². The third kappa shape index (κ3) is 2.54. The SMILES string of the molecule is CCc1c(Cl)[nH]c(=O)n(C(C)c2ccc(F)cc2)c1=O. The fourth-order valence-electron chi connectivity index (χ4n) is 2.11. The van der Waals surface area contributed by atoms with Gasteiger partial charge in [-0.15, -0.1) is 0 Å². The van der Waals surface area contributed by atoms with Crippen LogP contribution in [0.3, 0.4) is 0 Å². The molecule has 4 nitrogen and oxygen atoms in total. The molecule has 0 aliphatic rings. The van der Waals surface area contributed by atoms with Crippen molar-refractivity contribution in [3.8, 4) is 0 Å². The summed E-state index contributed by atoms with van der Waals surface area (Å²) in [6.45, 7) is 3.49. The topological polar surface area (TPSA) is 54.9 Å². The molecular weight excluding hydrogens is 283 g/mol. The highest BCUT2D eigenvalue weighted by Crippen LogP contribution is 2.16. The van der Waals surface area contributed by atoms with Crippen LogP contribution in [0.5, 0.6) is 0 Å². The average molecular weight is 297 g/mol. The number of rotatable bonds is 3. The Balaban J connectivity index is 2.61. The highest BCUT2D eigenvalue weighted by atomic mass is 35.5. The van der Waals surface area contributed by atoms with Crippen molar-refractivity contribution < 1.29 is 4.39 Å². The first-order valence-electron chi connectivity index (χ1n) is 6.24. The molecule has 1 aromatic heterocycles. The predicted molar refractivity (Wildman–Crippen MR) is 75.9 cm³/mol. The molecule has 1 heterocycles. The van der Waals surface area contributed by atoms with Crippen LogP contribution in [-0.2, 0) is 6.42 Å². The van der Waals surface area contributed by atoms with E-state index in [2.05, 4.69) is 4.98 Å². The largest absolute Gasteiger partial charge is 0.330 e. The Hall–Kier alpha value is -1.88. The number of benzene rings is 1. The highest BCUT2D eigenvalue weighted by Gasteiger charge is 2.17. The molecule has 0 saturated carbocycles. The van der Waals surface area contributed by atoms with Gasteiger partial charge in [0.1, 0.15) is 11.0 Å². The Morgan fingerprint density at radius 3 is 2.45 bits per heavy atom. The Morgan fingerprint density at radius 2 is 1.90 bits per heavy atom. The van der Waals surface area contributed by atoms with Gasteiger partial charge in [0.05, 0.1) is 11.6 Å². The minimum Gasteiger partial charge on any atom is -0.297 e. The van der Waals surface area contributed by atoms with Crippen molar-refractivity contribution in [1.82, 2.24) is 9.55 Å². The molecule has 1 aromatic carbocycles. The maximum absolute atomic E-state index is 12.9. The number of aromatic amines is 1. The average Bonchev–Trinajstić information content (AvgIpc) is 2.39. The van der Waals surface area contributed by atoms with Gasteiger partial charge >= 0.3 is 5.69 Å². The quantitative estimate of drug-likeness (QED) is 0.885. The molecule has 0 aliphatic carbocycles. The number of halogens is 2. The third-order valence-corrected chi connectivity index (χ3v) is 3.59. The molecule has 2 aromatic rings. The Labute approximate surface area is 119 Å². The highest BCUT2D eigenvalue weighted by molar-refractivity contribution is 6.30. The Morgan fingerprint density at radius 1 is 1.30 bits per heavy atom. The summed E-state index contributed by atoms with van der Waals surface area (Å²) in [7, 11) is 0. The lowest BCUT2D eigenvalue weighted by Gasteiger charge is -2.15. The van der Waals surface area contributed by atoms with Gasteiger partial charge < -0.3 is 0 Å². The van der Waals surface area contributed by atoms with Crippen molar-refractivity contribution in [3.05, 3.63) is 67.2 Å². The van der Waals surface area contributed by atoms with Crippen molar-refractivity contribution in [3.63, 3.8) is 0 Å². The molecule has 1 unspecified atom stereocenters. The van der Waals surface area contributed by atoms with E-state index in [-0.39, 0.29) is 11.0 Å². The lowest BCUT2D eigenvalue weighted by molar-refractivity contribution is 0.568. The van der Waals surface area contributed by atoms with Gasteiger partial charge in [-0.05, 0) is 31.0 Å². The summed E-state index contributed by atoms with van der Waals surface area (Å²) in [5, 5.41) is 0.0741. The fourth-order valence-corrected chi connectivity index (χ4v) is 2.40. The molecule has 106 valence electrons. The van der Waals surface area contributed by atoms with E-state index in [1.165, 1.54) is 12.1 Å². The number of aromatic nitrogens is 2. The minimum atomic E-state index is -0.575. The van der Waals surface area contributed by atoms with Crippen molar-refractivity contribution in [2.75, 3.05) is 0 Å². The summed E-state index contributed by atoms with van der Waals surface area (Å²) in [6.07, 6.45) is 0.421. The van der Waals surface area contributed by atoms with Gasteiger partial charge in [-0.25, -0.2) is 9.18 Å². The number of nitrogens with zero attached hydrogens (tertiary/aromatic N) is 1. The maximum Gasteiger partial charge on any atom is 0.330 e. The molecule has 1 N–H and O–H groups in total. The van der Waals surface area contributed by atoms with Gasteiger partial charge in [-0.2, -0.15) is 0 Å². The first-order chi connectivity index (χ1) is 9.45. The molecule has 20 heavy (non-hydrogen) atoms. The summed E-state index contributed by atoms with van der Waals surface area (Å²) in [5.74, 6) is -0.368. The molecule has 0 bridgehead atoms. The minimum absolute atomic E-state index is 0.0741. The van der Waals surface area contributed by atoms with Crippen LogP contribution in [0.1, 0.15) is 31.0 Å². The predicted octanol–water partition coefficient (Wildman–Crippen LogP) is 2.50. The van der Waals surface area contributed by atoms with E-state index >= 15 is 0 Å². The van der Waals surface area contributed by atoms with E-state index in [0.717, 1.165) is 4.57 Å². The normalized spacial score (nSPS) is 12.4.